The molecule has 18 heavy (non-hydrogen) atoms. The maximum atomic E-state index is 13.0. The second-order valence-corrected chi connectivity index (χ2v) is 4.60. The van der Waals surface area contributed by atoms with Gasteiger partial charge >= 0.3 is 0 Å². The zero-order chi connectivity index (χ0) is 13.2. The van der Waals surface area contributed by atoms with E-state index in [2.05, 4.69) is 15.4 Å². The van der Waals surface area contributed by atoms with Crippen molar-refractivity contribution in [3.05, 3.63) is 24.1 Å². The molecule has 5 nitrogen and oxygen atoms in total. The summed E-state index contributed by atoms with van der Waals surface area (Å²) >= 11 is 0. The second kappa shape index (κ2) is 4.89. The monoisotopic (exact) mass is 252 g/mol. The zero-order valence-electron chi connectivity index (χ0n) is 10.5. The van der Waals surface area contributed by atoms with Gasteiger partial charge in [0, 0.05) is 12.1 Å². The van der Waals surface area contributed by atoms with Crippen LogP contribution in [-0.4, -0.2) is 31.9 Å². The maximum absolute atomic E-state index is 13.0. The van der Waals surface area contributed by atoms with Gasteiger partial charge in [0.05, 0.1) is 6.20 Å². The van der Waals surface area contributed by atoms with Crippen LogP contribution in [-0.2, 0) is 0 Å². The van der Waals surface area contributed by atoms with Gasteiger partial charge in [-0.25, -0.2) is 8.91 Å². The average Bonchev–Trinajstić information content (AvgIpc) is 2.70. The molecule has 98 valence electrons. The molecule has 2 rings (SSSR count). The summed E-state index contributed by atoms with van der Waals surface area (Å²) in [7, 11) is 0. The number of aromatic nitrogens is 3. The minimum absolute atomic E-state index is 0.0966. The Bertz CT molecular complexity index is 542. The summed E-state index contributed by atoms with van der Waals surface area (Å²) in [5.41, 5.74) is 0.319. The Hall–Kier alpha value is -1.69. The normalized spacial score (nSPS) is 14.7. The van der Waals surface area contributed by atoms with Crippen molar-refractivity contribution in [3.8, 4) is 0 Å². The molecule has 0 bridgehead atoms. The molecule has 0 saturated carbocycles. The van der Waals surface area contributed by atoms with Crippen LogP contribution in [0.3, 0.4) is 0 Å². The molecule has 0 saturated heterocycles. The molecular formula is C12H17FN4O. The van der Waals surface area contributed by atoms with Crippen molar-refractivity contribution in [3.63, 3.8) is 0 Å². The van der Waals surface area contributed by atoms with Crippen molar-refractivity contribution in [1.82, 2.24) is 14.6 Å². The Kier molecular flexibility index (Phi) is 3.47. The van der Waals surface area contributed by atoms with Gasteiger partial charge in [-0.15, -0.1) is 5.10 Å². The number of aliphatic hydroxyl groups is 1. The smallest absolute Gasteiger partial charge is 0.243 e. The van der Waals surface area contributed by atoms with Crippen LogP contribution in [0.4, 0.5) is 10.3 Å². The zero-order valence-corrected chi connectivity index (χ0v) is 10.5. The molecule has 0 spiro atoms. The van der Waals surface area contributed by atoms with E-state index >= 15 is 0 Å². The number of hydrogen-bond donors (Lipinski definition) is 2. The Morgan fingerprint density at radius 2 is 2.28 bits per heavy atom. The fraction of sp³-hybridized carbons (Fsp3) is 0.500. The van der Waals surface area contributed by atoms with Gasteiger partial charge in [-0.2, -0.15) is 4.98 Å². The number of nitrogens with one attached hydrogen (secondary N) is 1. The summed E-state index contributed by atoms with van der Waals surface area (Å²) in [6.45, 7) is 4.12. The number of anilines is 1. The van der Waals surface area contributed by atoms with Gasteiger partial charge in [0.25, 0.3) is 0 Å². The minimum Gasteiger partial charge on any atom is -0.396 e. The van der Waals surface area contributed by atoms with E-state index in [0.717, 1.165) is 6.42 Å². The molecular weight excluding hydrogens is 235 g/mol. The first kappa shape index (κ1) is 12.8. The van der Waals surface area contributed by atoms with Crippen LogP contribution in [0.25, 0.3) is 5.65 Å². The molecule has 0 radical (unpaired) electrons. The topological polar surface area (TPSA) is 62.5 Å². The van der Waals surface area contributed by atoms with E-state index < -0.39 is 0 Å². The predicted octanol–water partition coefficient (Wildman–Crippen LogP) is 1.83. The number of nitrogens with zero attached hydrogens (tertiary/aromatic N) is 3. The van der Waals surface area contributed by atoms with Crippen molar-refractivity contribution in [2.75, 3.05) is 11.9 Å². The summed E-state index contributed by atoms with van der Waals surface area (Å²) < 4.78 is 14.4. The van der Waals surface area contributed by atoms with Gasteiger partial charge in [0.2, 0.25) is 5.95 Å². The lowest BCUT2D eigenvalue weighted by Gasteiger charge is -2.28. The summed E-state index contributed by atoms with van der Waals surface area (Å²) in [6, 6.07) is 2.92. The molecule has 1 atom stereocenters. The molecule has 2 heterocycles. The Morgan fingerprint density at radius 3 is 2.94 bits per heavy atom. The van der Waals surface area contributed by atoms with Crippen molar-refractivity contribution >= 4 is 11.6 Å². The van der Waals surface area contributed by atoms with Crippen LogP contribution in [0.2, 0.25) is 0 Å². The second-order valence-electron chi connectivity index (χ2n) is 4.60. The molecule has 0 aromatic carbocycles. The SMILES string of the molecule is CCC(C)(CCO)Nc1nc2ccc(F)cn2n1. The van der Waals surface area contributed by atoms with Crippen LogP contribution in [0, 0.1) is 5.82 Å². The largest absolute Gasteiger partial charge is 0.396 e. The lowest BCUT2D eigenvalue weighted by molar-refractivity contribution is 0.251. The van der Waals surface area contributed by atoms with Crippen LogP contribution in [0.5, 0.6) is 0 Å². The van der Waals surface area contributed by atoms with E-state index in [0.29, 0.717) is 18.0 Å². The Morgan fingerprint density at radius 1 is 1.50 bits per heavy atom. The Labute approximate surface area is 105 Å². The quantitative estimate of drug-likeness (QED) is 0.852. The third-order valence-corrected chi connectivity index (χ3v) is 3.15. The number of rotatable bonds is 5. The number of aliphatic hydroxyl groups excluding tert-OH is 1. The van der Waals surface area contributed by atoms with Crippen molar-refractivity contribution < 1.29 is 9.50 Å². The van der Waals surface area contributed by atoms with Crippen molar-refractivity contribution in [2.24, 2.45) is 0 Å². The first-order chi connectivity index (χ1) is 8.56. The molecule has 0 fully saturated rings. The average molecular weight is 252 g/mol. The van der Waals surface area contributed by atoms with Crippen LogP contribution < -0.4 is 5.32 Å². The van der Waals surface area contributed by atoms with Crippen LogP contribution >= 0.6 is 0 Å². The number of halogens is 1. The standard InChI is InChI=1S/C12H17FN4O/c1-3-12(2,6-7-18)15-11-14-10-5-4-9(13)8-17(10)16-11/h4-5,8,18H,3,6-7H2,1-2H3,(H,15,16). The van der Waals surface area contributed by atoms with Gasteiger partial charge in [-0.05, 0) is 31.9 Å². The highest BCUT2D eigenvalue weighted by Crippen LogP contribution is 2.19. The third kappa shape index (κ3) is 2.59. The molecule has 2 aromatic rings. The van der Waals surface area contributed by atoms with Crippen LogP contribution in [0.15, 0.2) is 18.3 Å². The lowest BCUT2D eigenvalue weighted by Crippen LogP contribution is -2.35. The van der Waals surface area contributed by atoms with Crippen molar-refractivity contribution in [1.29, 1.82) is 0 Å². The predicted molar refractivity (Wildman–Crippen MR) is 67.0 cm³/mol. The third-order valence-electron chi connectivity index (χ3n) is 3.15. The van der Waals surface area contributed by atoms with Crippen LogP contribution in [0.1, 0.15) is 26.7 Å². The van der Waals surface area contributed by atoms with E-state index in [1.165, 1.54) is 16.8 Å². The maximum Gasteiger partial charge on any atom is 0.243 e. The summed E-state index contributed by atoms with van der Waals surface area (Å²) in [5, 5.41) is 16.4. The van der Waals surface area contributed by atoms with Gasteiger partial charge in [0.1, 0.15) is 5.82 Å². The minimum atomic E-state index is -0.354. The molecule has 0 amide bonds. The van der Waals surface area contributed by atoms with Gasteiger partial charge < -0.3 is 10.4 Å². The van der Waals surface area contributed by atoms with Gasteiger partial charge in [0.15, 0.2) is 5.65 Å². The van der Waals surface area contributed by atoms with Gasteiger partial charge in [-0.1, -0.05) is 6.92 Å². The van der Waals surface area contributed by atoms with Gasteiger partial charge in [-0.3, -0.25) is 0 Å². The Balaban J connectivity index is 2.26. The molecule has 1 unspecified atom stereocenters. The molecule has 2 aromatic heterocycles. The highest BCUT2D eigenvalue weighted by Gasteiger charge is 2.22. The summed E-state index contributed by atoms with van der Waals surface area (Å²) in [4.78, 5) is 4.26. The first-order valence-electron chi connectivity index (χ1n) is 5.97. The first-order valence-corrected chi connectivity index (χ1v) is 5.97. The van der Waals surface area contributed by atoms with E-state index in [1.54, 1.807) is 6.07 Å². The molecule has 0 aliphatic carbocycles. The highest BCUT2D eigenvalue weighted by atomic mass is 19.1. The molecule has 2 N–H and O–H groups in total. The van der Waals surface area contributed by atoms with E-state index in [4.69, 9.17) is 5.11 Å². The highest BCUT2D eigenvalue weighted by molar-refractivity contribution is 5.44. The summed E-state index contributed by atoms with van der Waals surface area (Å²) in [6.07, 6.45) is 2.72. The molecule has 6 heteroatoms. The number of hydrogen-bond acceptors (Lipinski definition) is 4. The molecule has 0 aliphatic heterocycles. The van der Waals surface area contributed by atoms with E-state index in [-0.39, 0.29) is 18.0 Å². The molecule has 0 aliphatic rings. The lowest BCUT2D eigenvalue weighted by atomic mass is 9.95. The number of fused-ring (bicyclic) bond motifs is 1. The number of pyridine rings is 1. The fourth-order valence-corrected chi connectivity index (χ4v) is 1.76. The van der Waals surface area contributed by atoms with Crippen molar-refractivity contribution in [2.45, 2.75) is 32.2 Å². The fourth-order valence-electron chi connectivity index (χ4n) is 1.76. The van der Waals surface area contributed by atoms with E-state index in [1.807, 2.05) is 13.8 Å². The summed E-state index contributed by atoms with van der Waals surface area (Å²) in [5.74, 6) is 0.0889. The van der Waals surface area contributed by atoms with E-state index in [9.17, 15) is 4.39 Å².